The minimum absolute atomic E-state index is 0.0226. The summed E-state index contributed by atoms with van der Waals surface area (Å²) < 4.78 is 0. The van der Waals surface area contributed by atoms with Gasteiger partial charge < -0.3 is 15.7 Å². The molecular weight excluding hydrogens is 192 g/mol. The van der Waals surface area contributed by atoms with Gasteiger partial charge in [-0.3, -0.25) is 4.79 Å². The predicted molar refractivity (Wildman–Crippen MR) is 59.3 cm³/mol. The zero-order chi connectivity index (χ0) is 11.7. The summed E-state index contributed by atoms with van der Waals surface area (Å²) >= 11 is 0. The maximum absolute atomic E-state index is 12.0. The lowest BCUT2D eigenvalue weighted by atomic mass is 9.86. The third-order valence-corrected chi connectivity index (χ3v) is 3.60. The Hall–Kier alpha value is -0.610. The molecule has 0 unspecified atom stereocenters. The van der Waals surface area contributed by atoms with Crippen LogP contribution in [0.5, 0.6) is 0 Å². The number of carbonyl (C=O) groups excluding carboxylic acids is 1. The molecule has 1 aliphatic rings. The van der Waals surface area contributed by atoms with E-state index in [0.29, 0.717) is 32.4 Å². The molecule has 0 saturated carbocycles. The molecule has 0 atom stereocenters. The number of nitrogens with two attached hydrogens (primary N) is 1. The van der Waals surface area contributed by atoms with E-state index in [4.69, 9.17) is 5.73 Å². The topological polar surface area (TPSA) is 66.6 Å². The fraction of sp³-hybridized carbons (Fsp3) is 0.909. The zero-order valence-electron chi connectivity index (χ0n) is 9.92. The largest absolute Gasteiger partial charge is 0.386 e. The number of aliphatic hydroxyl groups is 1. The maximum atomic E-state index is 12.0. The van der Waals surface area contributed by atoms with Crippen LogP contribution in [0.4, 0.5) is 0 Å². The molecule has 0 spiro atoms. The first-order valence-corrected chi connectivity index (χ1v) is 5.71. The molecule has 1 amide bonds. The van der Waals surface area contributed by atoms with Gasteiger partial charge in [-0.2, -0.15) is 0 Å². The molecule has 1 saturated heterocycles. The van der Waals surface area contributed by atoms with Crippen molar-refractivity contribution in [2.45, 2.75) is 51.2 Å². The molecule has 0 aromatic heterocycles. The van der Waals surface area contributed by atoms with Gasteiger partial charge in [0.25, 0.3) is 0 Å². The van der Waals surface area contributed by atoms with Gasteiger partial charge in [0, 0.05) is 0 Å². The standard InChI is InChI=1S/C11H22N2O2/c1-4-10(15)7-13(8-10)9(14)11(12,5-2)6-3/h15H,4-8,12H2,1-3H3. The Morgan fingerprint density at radius 2 is 1.87 bits per heavy atom. The molecule has 1 rings (SSSR count). The average Bonchev–Trinajstić information content (AvgIpc) is 2.22. The molecule has 4 nitrogen and oxygen atoms in total. The van der Waals surface area contributed by atoms with Gasteiger partial charge in [-0.1, -0.05) is 20.8 Å². The van der Waals surface area contributed by atoms with Crippen molar-refractivity contribution in [3.63, 3.8) is 0 Å². The van der Waals surface area contributed by atoms with E-state index in [9.17, 15) is 9.90 Å². The summed E-state index contributed by atoms with van der Waals surface area (Å²) in [6.45, 7) is 6.64. The molecule has 1 fully saturated rings. The van der Waals surface area contributed by atoms with Gasteiger partial charge in [-0.05, 0) is 19.3 Å². The molecule has 1 aliphatic heterocycles. The molecule has 88 valence electrons. The molecule has 0 aromatic carbocycles. The highest BCUT2D eigenvalue weighted by Crippen LogP contribution is 2.27. The van der Waals surface area contributed by atoms with Crippen LogP contribution in [0, 0.1) is 0 Å². The highest BCUT2D eigenvalue weighted by molar-refractivity contribution is 5.87. The van der Waals surface area contributed by atoms with E-state index >= 15 is 0 Å². The lowest BCUT2D eigenvalue weighted by Gasteiger charge is -2.48. The van der Waals surface area contributed by atoms with E-state index in [2.05, 4.69) is 0 Å². The first-order chi connectivity index (χ1) is 6.90. The SMILES string of the molecule is CCC1(O)CN(C(=O)C(N)(CC)CC)C1. The van der Waals surface area contributed by atoms with Crippen molar-refractivity contribution in [1.29, 1.82) is 0 Å². The van der Waals surface area contributed by atoms with Crippen LogP contribution >= 0.6 is 0 Å². The van der Waals surface area contributed by atoms with Crippen LogP contribution in [0.2, 0.25) is 0 Å². The smallest absolute Gasteiger partial charge is 0.242 e. The molecule has 4 heteroatoms. The molecule has 0 radical (unpaired) electrons. The van der Waals surface area contributed by atoms with Crippen LogP contribution in [0.3, 0.4) is 0 Å². The van der Waals surface area contributed by atoms with Crippen LogP contribution < -0.4 is 5.73 Å². The summed E-state index contributed by atoms with van der Waals surface area (Å²) in [5, 5.41) is 9.81. The summed E-state index contributed by atoms with van der Waals surface area (Å²) in [5.41, 5.74) is 4.60. The average molecular weight is 214 g/mol. The number of rotatable bonds is 4. The van der Waals surface area contributed by atoms with Gasteiger partial charge in [0.15, 0.2) is 0 Å². The normalized spacial score (nSPS) is 19.9. The predicted octanol–water partition coefficient (Wildman–Crippen LogP) is 0.487. The molecule has 1 heterocycles. The van der Waals surface area contributed by atoms with E-state index in [1.165, 1.54) is 0 Å². The van der Waals surface area contributed by atoms with E-state index in [0.717, 1.165) is 0 Å². The van der Waals surface area contributed by atoms with Crippen molar-refractivity contribution < 1.29 is 9.90 Å². The van der Waals surface area contributed by atoms with E-state index in [1.54, 1.807) is 4.90 Å². The van der Waals surface area contributed by atoms with Crippen LogP contribution in [0.1, 0.15) is 40.0 Å². The van der Waals surface area contributed by atoms with Gasteiger partial charge in [-0.25, -0.2) is 0 Å². The second kappa shape index (κ2) is 4.10. The number of amides is 1. The minimum atomic E-state index is -0.741. The Labute approximate surface area is 91.4 Å². The quantitative estimate of drug-likeness (QED) is 0.715. The first-order valence-electron chi connectivity index (χ1n) is 5.71. The highest BCUT2D eigenvalue weighted by Gasteiger charge is 2.46. The maximum Gasteiger partial charge on any atom is 0.242 e. The number of nitrogens with zero attached hydrogens (tertiary/aromatic N) is 1. The van der Waals surface area contributed by atoms with E-state index < -0.39 is 11.1 Å². The second-order valence-corrected chi connectivity index (χ2v) is 4.60. The molecule has 0 aromatic rings. The van der Waals surface area contributed by atoms with Gasteiger partial charge in [0.1, 0.15) is 0 Å². The third kappa shape index (κ3) is 2.16. The number of β-amino-alcohol motifs (C(OH)–C–C–N with tert-alkyl or cyclic N) is 1. The van der Waals surface area contributed by atoms with Crippen molar-refractivity contribution in [3.05, 3.63) is 0 Å². The van der Waals surface area contributed by atoms with Crippen molar-refractivity contribution in [2.24, 2.45) is 5.73 Å². The summed E-state index contributed by atoms with van der Waals surface area (Å²) in [4.78, 5) is 13.7. The van der Waals surface area contributed by atoms with Crippen LogP contribution in [0.25, 0.3) is 0 Å². The van der Waals surface area contributed by atoms with Crippen LogP contribution in [-0.2, 0) is 4.79 Å². The lowest BCUT2D eigenvalue weighted by Crippen LogP contribution is -2.68. The monoisotopic (exact) mass is 214 g/mol. The van der Waals surface area contributed by atoms with Crippen LogP contribution in [0.15, 0.2) is 0 Å². The van der Waals surface area contributed by atoms with Gasteiger partial charge >= 0.3 is 0 Å². The van der Waals surface area contributed by atoms with Crippen LogP contribution in [-0.4, -0.2) is 40.1 Å². The fourth-order valence-corrected chi connectivity index (χ4v) is 1.90. The Morgan fingerprint density at radius 1 is 1.40 bits per heavy atom. The molecule has 0 bridgehead atoms. The number of hydrogen-bond acceptors (Lipinski definition) is 3. The molecule has 0 aliphatic carbocycles. The van der Waals surface area contributed by atoms with Crippen molar-refractivity contribution in [2.75, 3.05) is 13.1 Å². The summed E-state index contributed by atoms with van der Waals surface area (Å²) in [6, 6.07) is 0. The number of likely N-dealkylation sites (tertiary alicyclic amines) is 1. The minimum Gasteiger partial charge on any atom is -0.386 e. The summed E-state index contributed by atoms with van der Waals surface area (Å²) in [5.74, 6) is -0.0226. The summed E-state index contributed by atoms with van der Waals surface area (Å²) in [6.07, 6.45) is 1.97. The first kappa shape index (κ1) is 12.5. The Kier molecular flexibility index (Phi) is 3.41. The second-order valence-electron chi connectivity index (χ2n) is 4.60. The van der Waals surface area contributed by atoms with Crippen molar-refractivity contribution in [3.8, 4) is 0 Å². The number of carbonyl (C=O) groups is 1. The third-order valence-electron chi connectivity index (χ3n) is 3.60. The van der Waals surface area contributed by atoms with E-state index in [1.807, 2.05) is 20.8 Å². The zero-order valence-corrected chi connectivity index (χ0v) is 9.92. The highest BCUT2D eigenvalue weighted by atomic mass is 16.3. The van der Waals surface area contributed by atoms with E-state index in [-0.39, 0.29) is 5.91 Å². The van der Waals surface area contributed by atoms with Gasteiger partial charge in [0.05, 0.1) is 24.2 Å². The molecule has 3 N–H and O–H groups in total. The van der Waals surface area contributed by atoms with Gasteiger partial charge in [-0.15, -0.1) is 0 Å². The molecule has 15 heavy (non-hydrogen) atoms. The molecular formula is C11H22N2O2. The van der Waals surface area contributed by atoms with Crippen molar-refractivity contribution >= 4 is 5.91 Å². The summed E-state index contributed by atoms with van der Waals surface area (Å²) in [7, 11) is 0. The Bertz CT molecular complexity index is 243. The number of hydrogen-bond donors (Lipinski definition) is 2. The fourth-order valence-electron chi connectivity index (χ4n) is 1.90. The lowest BCUT2D eigenvalue weighted by molar-refractivity contribution is -0.161. The Morgan fingerprint density at radius 3 is 2.20 bits per heavy atom. The van der Waals surface area contributed by atoms with Crippen molar-refractivity contribution in [1.82, 2.24) is 4.90 Å². The Balaban J connectivity index is 2.58. The van der Waals surface area contributed by atoms with Gasteiger partial charge in [0.2, 0.25) is 5.91 Å².